The summed E-state index contributed by atoms with van der Waals surface area (Å²) in [7, 11) is 1.83. The number of hydrazone groups is 1. The first-order chi connectivity index (χ1) is 10.1. The zero-order valence-electron chi connectivity index (χ0n) is 11.7. The predicted molar refractivity (Wildman–Crippen MR) is 95.4 cm³/mol. The van der Waals surface area contributed by atoms with Crippen LogP contribution < -0.4 is 5.32 Å². The van der Waals surface area contributed by atoms with Gasteiger partial charge in [-0.25, -0.2) is 5.01 Å². The molecule has 0 radical (unpaired) electrons. The Morgan fingerprint density at radius 3 is 2.71 bits per heavy atom. The van der Waals surface area contributed by atoms with Gasteiger partial charge in [0.2, 0.25) is 0 Å². The number of nitrogens with one attached hydrogen (secondary N) is 1. The van der Waals surface area contributed by atoms with Crippen molar-refractivity contribution in [2.45, 2.75) is 6.54 Å². The third-order valence-electron chi connectivity index (χ3n) is 2.81. The highest BCUT2D eigenvalue weighted by Gasteiger charge is 2.01. The maximum atomic E-state index is 5.31. The molecule has 0 aliphatic rings. The quantitative estimate of drug-likeness (QED) is 0.510. The van der Waals surface area contributed by atoms with E-state index in [1.165, 1.54) is 5.56 Å². The second kappa shape index (κ2) is 7.90. The molecule has 0 aliphatic heterocycles. The van der Waals surface area contributed by atoms with Gasteiger partial charge >= 0.3 is 0 Å². The van der Waals surface area contributed by atoms with Gasteiger partial charge in [0.1, 0.15) is 0 Å². The van der Waals surface area contributed by atoms with E-state index in [2.05, 4.69) is 38.5 Å². The van der Waals surface area contributed by atoms with Crippen molar-refractivity contribution in [1.29, 1.82) is 0 Å². The Morgan fingerprint density at radius 2 is 2.00 bits per heavy atom. The Kier molecular flexibility index (Phi) is 5.90. The number of nitrogens with zero attached hydrogens (tertiary/aromatic N) is 2. The number of benzene rings is 2. The molecule has 2 aromatic carbocycles. The van der Waals surface area contributed by atoms with Gasteiger partial charge in [-0.1, -0.05) is 58.4 Å². The standard InChI is InChI=1S/C16H16BrN3S/c1-20(19-12-14-8-5-9-15(17)10-14)16(21)18-11-13-6-3-2-4-7-13/h2-10,12H,11H2,1H3,(H,18,21)/b19-12-. The Hall–Kier alpha value is -1.72. The fourth-order valence-electron chi connectivity index (χ4n) is 1.68. The maximum absolute atomic E-state index is 5.31. The normalized spacial score (nSPS) is 10.6. The molecule has 0 atom stereocenters. The van der Waals surface area contributed by atoms with E-state index in [4.69, 9.17) is 12.2 Å². The number of hydrogen-bond acceptors (Lipinski definition) is 2. The molecule has 0 amide bonds. The van der Waals surface area contributed by atoms with Crippen molar-refractivity contribution in [3.05, 3.63) is 70.2 Å². The molecule has 3 nitrogen and oxygen atoms in total. The molecule has 108 valence electrons. The van der Waals surface area contributed by atoms with Crippen LogP contribution in [0.15, 0.2) is 64.2 Å². The molecule has 1 N–H and O–H groups in total. The third-order valence-corrected chi connectivity index (χ3v) is 3.71. The van der Waals surface area contributed by atoms with Crippen molar-refractivity contribution in [2.24, 2.45) is 5.10 Å². The van der Waals surface area contributed by atoms with Crippen LogP contribution in [0.4, 0.5) is 0 Å². The van der Waals surface area contributed by atoms with Crippen LogP contribution in [0.5, 0.6) is 0 Å². The van der Waals surface area contributed by atoms with Crippen molar-refractivity contribution >= 4 is 39.5 Å². The van der Waals surface area contributed by atoms with Gasteiger partial charge in [0.25, 0.3) is 0 Å². The predicted octanol–water partition coefficient (Wildman–Crippen LogP) is 3.79. The lowest BCUT2D eigenvalue weighted by Gasteiger charge is -2.15. The summed E-state index contributed by atoms with van der Waals surface area (Å²) in [5.41, 5.74) is 2.20. The van der Waals surface area contributed by atoms with E-state index in [9.17, 15) is 0 Å². The summed E-state index contributed by atoms with van der Waals surface area (Å²) in [5, 5.41) is 9.75. The summed E-state index contributed by atoms with van der Waals surface area (Å²) in [6.45, 7) is 0.691. The van der Waals surface area contributed by atoms with Gasteiger partial charge in [0, 0.05) is 18.1 Å². The Balaban J connectivity index is 1.87. The monoisotopic (exact) mass is 361 g/mol. The Labute approximate surface area is 138 Å². The largest absolute Gasteiger partial charge is 0.357 e. The van der Waals surface area contributed by atoms with Crippen molar-refractivity contribution < 1.29 is 0 Å². The summed E-state index contributed by atoms with van der Waals surface area (Å²) in [6.07, 6.45) is 1.78. The van der Waals surface area contributed by atoms with Gasteiger partial charge in [-0.2, -0.15) is 5.10 Å². The van der Waals surface area contributed by atoms with Crippen LogP contribution in [0.1, 0.15) is 11.1 Å². The second-order valence-corrected chi connectivity index (χ2v) is 5.77. The van der Waals surface area contributed by atoms with Crippen LogP contribution in [-0.2, 0) is 6.54 Å². The van der Waals surface area contributed by atoms with E-state index in [1.807, 2.05) is 49.5 Å². The first-order valence-electron chi connectivity index (χ1n) is 6.50. The third kappa shape index (κ3) is 5.28. The van der Waals surface area contributed by atoms with E-state index in [0.717, 1.165) is 10.0 Å². The molecule has 5 heteroatoms. The zero-order chi connectivity index (χ0) is 15.1. The highest BCUT2D eigenvalue weighted by molar-refractivity contribution is 9.10. The summed E-state index contributed by atoms with van der Waals surface area (Å²) in [5.74, 6) is 0. The lowest BCUT2D eigenvalue weighted by Crippen LogP contribution is -2.33. The highest BCUT2D eigenvalue weighted by atomic mass is 79.9. The molecule has 2 rings (SSSR count). The molecular formula is C16H16BrN3S. The minimum Gasteiger partial charge on any atom is -0.357 e. The SMILES string of the molecule is CN(/N=C\c1cccc(Br)c1)C(=S)NCc1ccccc1. The average molecular weight is 362 g/mol. The van der Waals surface area contributed by atoms with Crippen molar-refractivity contribution in [3.63, 3.8) is 0 Å². The van der Waals surface area contributed by atoms with E-state index in [-0.39, 0.29) is 0 Å². The summed E-state index contributed by atoms with van der Waals surface area (Å²) in [4.78, 5) is 0. The molecule has 0 heterocycles. The zero-order valence-corrected chi connectivity index (χ0v) is 14.1. The van der Waals surface area contributed by atoms with Gasteiger partial charge < -0.3 is 5.32 Å². The van der Waals surface area contributed by atoms with Crippen LogP contribution >= 0.6 is 28.1 Å². The van der Waals surface area contributed by atoms with Gasteiger partial charge in [-0.05, 0) is 35.5 Å². The lowest BCUT2D eigenvalue weighted by atomic mass is 10.2. The molecule has 0 spiro atoms. The van der Waals surface area contributed by atoms with Crippen molar-refractivity contribution in [2.75, 3.05) is 7.05 Å². The molecule has 0 bridgehead atoms. The highest BCUT2D eigenvalue weighted by Crippen LogP contribution is 2.10. The van der Waals surface area contributed by atoms with Gasteiger partial charge in [0.05, 0.1) is 6.21 Å². The van der Waals surface area contributed by atoms with Crippen LogP contribution in [-0.4, -0.2) is 23.4 Å². The molecule has 0 fully saturated rings. The van der Waals surface area contributed by atoms with Gasteiger partial charge in [0.15, 0.2) is 5.11 Å². The van der Waals surface area contributed by atoms with Crippen LogP contribution in [0.2, 0.25) is 0 Å². The molecule has 0 saturated carbocycles. The number of halogens is 1. The van der Waals surface area contributed by atoms with Crippen LogP contribution in [0.25, 0.3) is 0 Å². The number of rotatable bonds is 4. The van der Waals surface area contributed by atoms with E-state index in [1.54, 1.807) is 11.2 Å². The summed E-state index contributed by atoms with van der Waals surface area (Å²) >= 11 is 8.74. The van der Waals surface area contributed by atoms with E-state index in [0.29, 0.717) is 11.7 Å². The van der Waals surface area contributed by atoms with Crippen LogP contribution in [0, 0.1) is 0 Å². The molecule has 0 unspecified atom stereocenters. The van der Waals surface area contributed by atoms with Crippen LogP contribution in [0.3, 0.4) is 0 Å². The Bertz CT molecular complexity index is 628. The summed E-state index contributed by atoms with van der Waals surface area (Å²) < 4.78 is 1.03. The summed E-state index contributed by atoms with van der Waals surface area (Å²) in [6, 6.07) is 18.1. The minimum atomic E-state index is 0.588. The number of thiocarbonyl (C=S) groups is 1. The Morgan fingerprint density at radius 1 is 1.24 bits per heavy atom. The molecule has 0 aliphatic carbocycles. The smallest absolute Gasteiger partial charge is 0.189 e. The van der Waals surface area contributed by atoms with Crippen molar-refractivity contribution in [1.82, 2.24) is 10.3 Å². The molecule has 2 aromatic rings. The molecule has 0 aromatic heterocycles. The van der Waals surface area contributed by atoms with Gasteiger partial charge in [-0.3, -0.25) is 0 Å². The molecular weight excluding hydrogens is 346 g/mol. The lowest BCUT2D eigenvalue weighted by molar-refractivity contribution is 0.532. The second-order valence-electron chi connectivity index (χ2n) is 4.47. The number of hydrogen-bond donors (Lipinski definition) is 1. The first-order valence-corrected chi connectivity index (χ1v) is 7.70. The van der Waals surface area contributed by atoms with E-state index < -0.39 is 0 Å². The molecule has 0 saturated heterocycles. The fraction of sp³-hybridized carbons (Fsp3) is 0.125. The first kappa shape index (κ1) is 15.7. The van der Waals surface area contributed by atoms with Gasteiger partial charge in [-0.15, -0.1) is 0 Å². The minimum absolute atomic E-state index is 0.588. The van der Waals surface area contributed by atoms with E-state index >= 15 is 0 Å². The maximum Gasteiger partial charge on any atom is 0.189 e. The topological polar surface area (TPSA) is 27.6 Å². The van der Waals surface area contributed by atoms with Crippen molar-refractivity contribution in [3.8, 4) is 0 Å². The average Bonchev–Trinajstić information content (AvgIpc) is 2.51. The molecule has 21 heavy (non-hydrogen) atoms. The fourth-order valence-corrected chi connectivity index (χ4v) is 2.22.